The maximum absolute atomic E-state index is 12.7. The number of carbonyl (C=O) groups excluding carboxylic acids is 1. The van der Waals surface area contributed by atoms with Crippen molar-refractivity contribution in [1.82, 2.24) is 24.5 Å². The van der Waals surface area contributed by atoms with Crippen LogP contribution in [-0.2, 0) is 17.6 Å². The van der Waals surface area contributed by atoms with Crippen LogP contribution in [0.4, 0.5) is 5.82 Å². The van der Waals surface area contributed by atoms with Gasteiger partial charge in [-0.2, -0.15) is 4.98 Å². The molecule has 0 aliphatic carbocycles. The second kappa shape index (κ2) is 8.69. The molecule has 3 heterocycles. The summed E-state index contributed by atoms with van der Waals surface area (Å²) in [6.07, 6.45) is 2.41. The van der Waals surface area contributed by atoms with Crippen LogP contribution in [0.1, 0.15) is 30.4 Å². The largest absolute Gasteiger partial charge is 0.497 e. The van der Waals surface area contributed by atoms with Crippen LogP contribution in [0.15, 0.2) is 30.3 Å². The van der Waals surface area contributed by atoms with E-state index < -0.39 is 0 Å². The number of piperazine rings is 1. The lowest BCUT2D eigenvalue weighted by atomic mass is 10.1. The Labute approximate surface area is 176 Å². The number of hydrogen-bond acceptors (Lipinski definition) is 6. The summed E-state index contributed by atoms with van der Waals surface area (Å²) in [6, 6.07) is 9.82. The van der Waals surface area contributed by atoms with Crippen LogP contribution >= 0.6 is 0 Å². The molecule has 0 radical (unpaired) electrons. The zero-order valence-electron chi connectivity index (χ0n) is 17.8. The Hall–Kier alpha value is -3.16. The van der Waals surface area contributed by atoms with E-state index in [4.69, 9.17) is 9.72 Å². The first kappa shape index (κ1) is 20.1. The van der Waals surface area contributed by atoms with E-state index in [1.165, 1.54) is 5.69 Å². The van der Waals surface area contributed by atoms with Crippen molar-refractivity contribution in [3.05, 3.63) is 47.4 Å². The van der Waals surface area contributed by atoms with E-state index in [0.29, 0.717) is 25.3 Å². The maximum Gasteiger partial charge on any atom is 0.257 e. The summed E-state index contributed by atoms with van der Waals surface area (Å²) in [4.78, 5) is 21.6. The minimum atomic E-state index is 0.156. The highest BCUT2D eigenvalue weighted by molar-refractivity contribution is 5.79. The van der Waals surface area contributed by atoms with Crippen LogP contribution < -0.4 is 9.64 Å². The molecule has 8 heteroatoms. The van der Waals surface area contributed by atoms with E-state index in [9.17, 15) is 4.79 Å². The number of anilines is 1. The zero-order valence-corrected chi connectivity index (χ0v) is 17.8. The highest BCUT2D eigenvalue weighted by Crippen LogP contribution is 2.20. The highest BCUT2D eigenvalue weighted by Gasteiger charge is 2.23. The van der Waals surface area contributed by atoms with Crippen molar-refractivity contribution in [2.24, 2.45) is 0 Å². The van der Waals surface area contributed by atoms with Gasteiger partial charge in [-0.1, -0.05) is 25.5 Å². The summed E-state index contributed by atoms with van der Waals surface area (Å²) in [5.74, 6) is 3.38. The number of methoxy groups -OCH3 is 1. The van der Waals surface area contributed by atoms with Gasteiger partial charge in [-0.25, -0.2) is 0 Å². The van der Waals surface area contributed by atoms with Gasteiger partial charge in [-0.05, 0) is 31.0 Å². The van der Waals surface area contributed by atoms with Crippen molar-refractivity contribution in [2.75, 3.05) is 38.2 Å². The fourth-order valence-corrected chi connectivity index (χ4v) is 3.93. The molecule has 0 spiro atoms. The average Bonchev–Trinajstić information content (AvgIpc) is 3.15. The lowest BCUT2D eigenvalue weighted by Crippen LogP contribution is -2.49. The number of amides is 1. The van der Waals surface area contributed by atoms with Crippen LogP contribution in [0.2, 0.25) is 0 Å². The third-order valence-corrected chi connectivity index (χ3v) is 5.58. The first-order valence-corrected chi connectivity index (χ1v) is 10.5. The Morgan fingerprint density at radius 1 is 1.10 bits per heavy atom. The molecular formula is C22H28N6O2. The minimum Gasteiger partial charge on any atom is -0.497 e. The average molecular weight is 409 g/mol. The van der Waals surface area contributed by atoms with Gasteiger partial charge in [-0.3, -0.25) is 9.20 Å². The fourth-order valence-electron chi connectivity index (χ4n) is 3.93. The lowest BCUT2D eigenvalue weighted by molar-refractivity contribution is -0.130. The molecule has 1 amide bonds. The first-order chi connectivity index (χ1) is 14.6. The van der Waals surface area contributed by atoms with Crippen LogP contribution in [0.3, 0.4) is 0 Å². The highest BCUT2D eigenvalue weighted by atomic mass is 16.5. The van der Waals surface area contributed by atoms with Crippen LogP contribution in [0.5, 0.6) is 5.75 Å². The monoisotopic (exact) mass is 408 g/mol. The van der Waals surface area contributed by atoms with Gasteiger partial charge in [0.25, 0.3) is 5.78 Å². The second-order valence-electron chi connectivity index (χ2n) is 7.63. The molecule has 1 aromatic carbocycles. The van der Waals surface area contributed by atoms with Gasteiger partial charge in [0.2, 0.25) is 5.91 Å². The van der Waals surface area contributed by atoms with Gasteiger partial charge in [0.05, 0.1) is 13.5 Å². The van der Waals surface area contributed by atoms with Crippen molar-refractivity contribution < 1.29 is 9.53 Å². The number of fused-ring (bicyclic) bond motifs is 1. The summed E-state index contributed by atoms with van der Waals surface area (Å²) < 4.78 is 7.21. The number of rotatable bonds is 6. The predicted octanol–water partition coefficient (Wildman–Crippen LogP) is 2.29. The van der Waals surface area contributed by atoms with Crippen molar-refractivity contribution in [2.45, 2.75) is 33.1 Å². The third kappa shape index (κ3) is 4.08. The Morgan fingerprint density at radius 2 is 1.83 bits per heavy atom. The quantitative estimate of drug-likeness (QED) is 0.623. The van der Waals surface area contributed by atoms with Gasteiger partial charge in [0.1, 0.15) is 17.4 Å². The number of nitrogens with zero attached hydrogens (tertiary/aromatic N) is 6. The minimum absolute atomic E-state index is 0.156. The molecule has 0 N–H and O–H groups in total. The molecule has 0 bridgehead atoms. The van der Waals surface area contributed by atoms with E-state index in [1.54, 1.807) is 7.11 Å². The molecule has 1 fully saturated rings. The van der Waals surface area contributed by atoms with E-state index in [1.807, 2.05) is 40.5 Å². The Kier molecular flexibility index (Phi) is 5.83. The molecule has 0 saturated carbocycles. The number of aromatic nitrogens is 4. The van der Waals surface area contributed by atoms with Gasteiger partial charge in [0.15, 0.2) is 0 Å². The topological polar surface area (TPSA) is 75.9 Å². The summed E-state index contributed by atoms with van der Waals surface area (Å²) in [6.45, 7) is 7.02. The van der Waals surface area contributed by atoms with E-state index >= 15 is 0 Å². The molecule has 8 nitrogen and oxygen atoms in total. The molecule has 158 valence electrons. The van der Waals surface area contributed by atoms with E-state index in [0.717, 1.165) is 48.9 Å². The van der Waals surface area contributed by atoms with E-state index in [-0.39, 0.29) is 5.91 Å². The molecule has 0 atom stereocenters. The zero-order chi connectivity index (χ0) is 21.1. The standard InChI is InChI=1S/C22H28N6O2/c1-4-5-18-15-20(23-22-25-24-16(2)28(18)22)26-10-12-27(13-11-26)21(29)14-17-6-8-19(30-3)9-7-17/h6-9,15H,4-5,10-14H2,1-3H3. The normalized spacial score (nSPS) is 14.4. The van der Waals surface area contributed by atoms with Crippen molar-refractivity contribution in [3.63, 3.8) is 0 Å². The molecule has 30 heavy (non-hydrogen) atoms. The predicted molar refractivity (Wildman–Crippen MR) is 115 cm³/mol. The van der Waals surface area contributed by atoms with Crippen molar-refractivity contribution in [3.8, 4) is 5.75 Å². The van der Waals surface area contributed by atoms with Crippen molar-refractivity contribution >= 4 is 17.5 Å². The Bertz CT molecular complexity index is 1020. The van der Waals surface area contributed by atoms with Crippen LogP contribution in [0.25, 0.3) is 5.78 Å². The summed E-state index contributed by atoms with van der Waals surface area (Å²) in [7, 11) is 1.64. The third-order valence-electron chi connectivity index (χ3n) is 5.58. The van der Waals surface area contributed by atoms with Gasteiger partial charge in [-0.15, -0.1) is 10.2 Å². The van der Waals surface area contributed by atoms with Gasteiger partial charge >= 0.3 is 0 Å². The molecular weight excluding hydrogens is 380 g/mol. The Balaban J connectivity index is 1.42. The van der Waals surface area contributed by atoms with Crippen LogP contribution in [-0.4, -0.2) is 63.7 Å². The molecule has 4 rings (SSSR count). The van der Waals surface area contributed by atoms with E-state index in [2.05, 4.69) is 28.1 Å². The lowest BCUT2D eigenvalue weighted by Gasteiger charge is -2.35. The number of hydrogen-bond donors (Lipinski definition) is 0. The SMILES string of the molecule is CCCc1cc(N2CCN(C(=O)Cc3ccc(OC)cc3)CC2)nc2nnc(C)n12. The number of benzene rings is 1. The number of ether oxygens (including phenoxy) is 1. The van der Waals surface area contributed by atoms with Crippen LogP contribution in [0, 0.1) is 6.92 Å². The Morgan fingerprint density at radius 3 is 2.50 bits per heavy atom. The number of aryl methyl sites for hydroxylation is 2. The molecule has 0 unspecified atom stereocenters. The summed E-state index contributed by atoms with van der Waals surface area (Å²) >= 11 is 0. The molecule has 1 aliphatic heterocycles. The molecule has 1 aliphatic rings. The summed E-state index contributed by atoms with van der Waals surface area (Å²) in [5.41, 5.74) is 2.18. The maximum atomic E-state index is 12.7. The second-order valence-corrected chi connectivity index (χ2v) is 7.63. The molecule has 1 saturated heterocycles. The number of carbonyl (C=O) groups is 1. The van der Waals surface area contributed by atoms with Crippen molar-refractivity contribution in [1.29, 1.82) is 0 Å². The first-order valence-electron chi connectivity index (χ1n) is 10.5. The van der Waals surface area contributed by atoms with Gasteiger partial charge < -0.3 is 14.5 Å². The molecule has 3 aromatic rings. The fraction of sp³-hybridized carbons (Fsp3) is 0.455. The summed E-state index contributed by atoms with van der Waals surface area (Å²) in [5, 5.41) is 8.40. The molecule has 2 aromatic heterocycles. The smallest absolute Gasteiger partial charge is 0.257 e. The van der Waals surface area contributed by atoms with Gasteiger partial charge in [0, 0.05) is 37.9 Å².